The highest BCUT2D eigenvalue weighted by atomic mass is 79.9. The van der Waals surface area contributed by atoms with Crippen LogP contribution in [0.25, 0.3) is 0 Å². The Morgan fingerprint density at radius 1 is 1.38 bits per heavy atom. The van der Waals surface area contributed by atoms with E-state index in [2.05, 4.69) is 15.9 Å². The van der Waals surface area contributed by atoms with Gasteiger partial charge in [-0.15, -0.1) is 0 Å². The number of hydrogen-bond donors (Lipinski definition) is 0. The maximum Gasteiger partial charge on any atom is 0.330 e. The Bertz CT molecular complexity index is 338. The van der Waals surface area contributed by atoms with Crippen molar-refractivity contribution in [2.24, 2.45) is 0 Å². The van der Waals surface area contributed by atoms with Crippen LogP contribution in [0.4, 0.5) is 13.2 Å². The number of benzene rings is 1. The maximum absolute atomic E-state index is 12.8. The molecule has 0 aliphatic rings. The molecule has 1 rings (SSSR count). The average Bonchev–Trinajstić information content (AvgIpc) is 2.09. The summed E-state index contributed by atoms with van der Waals surface area (Å²) in [5, 5.41) is 0. The van der Waals surface area contributed by atoms with Crippen molar-refractivity contribution in [2.45, 2.75) is 5.92 Å². The quantitative estimate of drug-likeness (QED) is 0.740. The first kappa shape index (κ1) is 10.2. The molecule has 0 saturated heterocycles. The fraction of sp³-hybridized carbons (Fsp3) is 0.125. The van der Waals surface area contributed by atoms with Gasteiger partial charge in [0, 0.05) is 4.47 Å². The number of rotatable bonds is 2. The minimum Gasteiger partial charge on any atom is -0.296 e. The van der Waals surface area contributed by atoms with Gasteiger partial charge < -0.3 is 0 Å². The summed E-state index contributed by atoms with van der Waals surface area (Å²) in [6.45, 7) is 0. The van der Waals surface area contributed by atoms with Crippen molar-refractivity contribution in [3.63, 3.8) is 0 Å². The van der Waals surface area contributed by atoms with Crippen LogP contribution in [0.3, 0.4) is 0 Å². The van der Waals surface area contributed by atoms with E-state index < -0.39 is 23.6 Å². The van der Waals surface area contributed by atoms with Crippen LogP contribution in [0.5, 0.6) is 0 Å². The van der Waals surface area contributed by atoms with Gasteiger partial charge in [-0.25, -0.2) is 4.39 Å². The Balaban J connectivity index is 3.28. The molecule has 0 aliphatic carbocycles. The highest BCUT2D eigenvalue weighted by molar-refractivity contribution is 9.10. The zero-order valence-electron chi connectivity index (χ0n) is 6.23. The molecule has 5 heteroatoms. The third-order valence-corrected chi connectivity index (χ3v) is 1.93. The summed E-state index contributed by atoms with van der Waals surface area (Å²) in [4.78, 5) is 9.96. The topological polar surface area (TPSA) is 17.1 Å². The van der Waals surface area contributed by atoms with E-state index in [0.29, 0.717) is 4.47 Å². The first-order valence-electron chi connectivity index (χ1n) is 3.27. The van der Waals surface area contributed by atoms with Crippen molar-refractivity contribution in [1.82, 2.24) is 0 Å². The SMILES string of the molecule is O=CC(F)(F)c1cc(Br)ccc1F. The van der Waals surface area contributed by atoms with Crippen LogP contribution >= 0.6 is 15.9 Å². The summed E-state index contributed by atoms with van der Waals surface area (Å²) in [6, 6.07) is 3.03. The molecule has 0 radical (unpaired) electrons. The highest BCUT2D eigenvalue weighted by Crippen LogP contribution is 2.29. The molecule has 0 spiro atoms. The van der Waals surface area contributed by atoms with E-state index in [0.717, 1.165) is 12.1 Å². The normalized spacial score (nSPS) is 11.4. The van der Waals surface area contributed by atoms with Gasteiger partial charge in [0.15, 0.2) is 6.29 Å². The van der Waals surface area contributed by atoms with E-state index in [1.807, 2.05) is 0 Å². The van der Waals surface area contributed by atoms with Gasteiger partial charge in [0.25, 0.3) is 0 Å². The van der Waals surface area contributed by atoms with Crippen LogP contribution in [-0.2, 0) is 10.7 Å². The molecule has 1 aromatic carbocycles. The Kier molecular flexibility index (Phi) is 2.75. The van der Waals surface area contributed by atoms with Crippen LogP contribution in [-0.4, -0.2) is 6.29 Å². The monoisotopic (exact) mass is 252 g/mol. The second kappa shape index (κ2) is 3.49. The zero-order valence-corrected chi connectivity index (χ0v) is 7.82. The maximum atomic E-state index is 12.8. The highest BCUT2D eigenvalue weighted by Gasteiger charge is 2.34. The number of carbonyl (C=O) groups is 1. The molecule has 0 atom stereocenters. The van der Waals surface area contributed by atoms with Crippen LogP contribution in [0, 0.1) is 5.82 Å². The van der Waals surface area contributed by atoms with Crippen molar-refractivity contribution in [1.29, 1.82) is 0 Å². The summed E-state index contributed by atoms with van der Waals surface area (Å²) in [7, 11) is 0. The molecule has 0 bridgehead atoms. The first-order chi connectivity index (χ1) is 5.97. The molecule has 13 heavy (non-hydrogen) atoms. The Morgan fingerprint density at radius 2 is 2.00 bits per heavy atom. The molecule has 0 aliphatic heterocycles. The van der Waals surface area contributed by atoms with E-state index in [1.165, 1.54) is 6.07 Å². The molecular weight excluding hydrogens is 249 g/mol. The van der Waals surface area contributed by atoms with E-state index in [-0.39, 0.29) is 0 Å². The zero-order chi connectivity index (χ0) is 10.1. The predicted octanol–water partition coefficient (Wildman–Crippen LogP) is 2.88. The second-order valence-corrected chi connectivity index (χ2v) is 3.28. The lowest BCUT2D eigenvalue weighted by Gasteiger charge is -2.09. The lowest BCUT2D eigenvalue weighted by Crippen LogP contribution is -2.16. The van der Waals surface area contributed by atoms with Crippen LogP contribution in [0.15, 0.2) is 22.7 Å². The smallest absolute Gasteiger partial charge is 0.296 e. The molecule has 0 amide bonds. The molecule has 70 valence electrons. The van der Waals surface area contributed by atoms with E-state index in [1.54, 1.807) is 0 Å². The number of halogens is 4. The summed E-state index contributed by atoms with van der Waals surface area (Å²) in [5.74, 6) is -4.87. The predicted molar refractivity (Wildman–Crippen MR) is 44.1 cm³/mol. The fourth-order valence-electron chi connectivity index (χ4n) is 0.816. The summed E-state index contributed by atoms with van der Waals surface area (Å²) >= 11 is 2.90. The number of hydrogen-bond acceptors (Lipinski definition) is 1. The number of carbonyl (C=O) groups excluding carboxylic acids is 1. The van der Waals surface area contributed by atoms with Gasteiger partial charge in [-0.05, 0) is 18.2 Å². The third-order valence-electron chi connectivity index (χ3n) is 1.44. The fourth-order valence-corrected chi connectivity index (χ4v) is 1.18. The minimum absolute atomic E-state index is 0.297. The molecule has 0 aromatic heterocycles. The van der Waals surface area contributed by atoms with Gasteiger partial charge in [0.1, 0.15) is 5.82 Å². The molecule has 0 heterocycles. The molecule has 1 nitrogen and oxygen atoms in total. The molecule has 0 saturated carbocycles. The van der Waals surface area contributed by atoms with Gasteiger partial charge >= 0.3 is 5.92 Å². The van der Waals surface area contributed by atoms with Crippen molar-refractivity contribution in [2.75, 3.05) is 0 Å². The van der Waals surface area contributed by atoms with Crippen molar-refractivity contribution in [3.05, 3.63) is 34.1 Å². The number of aldehydes is 1. The molecule has 1 aromatic rings. The van der Waals surface area contributed by atoms with Gasteiger partial charge in [-0.2, -0.15) is 8.78 Å². The van der Waals surface area contributed by atoms with E-state index >= 15 is 0 Å². The summed E-state index contributed by atoms with van der Waals surface area (Å²) < 4.78 is 38.5. The van der Waals surface area contributed by atoms with Crippen molar-refractivity contribution >= 4 is 22.2 Å². The van der Waals surface area contributed by atoms with Crippen molar-refractivity contribution < 1.29 is 18.0 Å². The average molecular weight is 253 g/mol. The Hall–Kier alpha value is -0.840. The Morgan fingerprint density at radius 3 is 2.54 bits per heavy atom. The second-order valence-electron chi connectivity index (χ2n) is 2.36. The number of alkyl halides is 2. The Labute approximate surface area is 80.7 Å². The molecule has 0 fully saturated rings. The molecular formula is C8H4BrF3O. The van der Waals surface area contributed by atoms with Crippen molar-refractivity contribution in [3.8, 4) is 0 Å². The lowest BCUT2D eigenvalue weighted by molar-refractivity contribution is -0.130. The molecule has 0 N–H and O–H groups in total. The van der Waals surface area contributed by atoms with E-state index in [4.69, 9.17) is 0 Å². The minimum atomic E-state index is -3.77. The van der Waals surface area contributed by atoms with Gasteiger partial charge in [0.2, 0.25) is 0 Å². The van der Waals surface area contributed by atoms with Crippen LogP contribution in [0.1, 0.15) is 5.56 Å². The standard InChI is InChI=1S/C8H4BrF3O/c9-5-1-2-7(10)6(3-5)8(11,12)4-13/h1-4H. The third kappa shape index (κ3) is 2.09. The van der Waals surface area contributed by atoms with Gasteiger partial charge in [0.05, 0.1) is 5.56 Å². The lowest BCUT2D eigenvalue weighted by atomic mass is 10.1. The summed E-state index contributed by atoms with van der Waals surface area (Å²) in [5.41, 5.74) is -0.920. The summed E-state index contributed by atoms with van der Waals surface area (Å²) in [6.07, 6.45) is -0.585. The molecule has 0 unspecified atom stereocenters. The van der Waals surface area contributed by atoms with Crippen LogP contribution < -0.4 is 0 Å². The van der Waals surface area contributed by atoms with Gasteiger partial charge in [-0.3, -0.25) is 4.79 Å². The van der Waals surface area contributed by atoms with Gasteiger partial charge in [-0.1, -0.05) is 15.9 Å². The van der Waals surface area contributed by atoms with E-state index in [9.17, 15) is 18.0 Å². The van der Waals surface area contributed by atoms with Crippen LogP contribution in [0.2, 0.25) is 0 Å². The first-order valence-corrected chi connectivity index (χ1v) is 4.06. The largest absolute Gasteiger partial charge is 0.330 e.